The molecule has 1 unspecified atom stereocenters. The van der Waals surface area contributed by atoms with Crippen molar-refractivity contribution in [2.45, 2.75) is 38.7 Å². The molecular weight excluding hydrogens is 496 g/mol. The van der Waals surface area contributed by atoms with Gasteiger partial charge in [0.2, 0.25) is 0 Å². The van der Waals surface area contributed by atoms with E-state index >= 15 is 0 Å². The van der Waals surface area contributed by atoms with E-state index in [-0.39, 0.29) is 30.0 Å². The van der Waals surface area contributed by atoms with Crippen molar-refractivity contribution < 1.29 is 17.6 Å². The fourth-order valence-corrected chi connectivity index (χ4v) is 3.22. The minimum atomic E-state index is -4.29. The second-order valence-electron chi connectivity index (χ2n) is 6.83. The predicted molar refractivity (Wildman–Crippen MR) is 117 cm³/mol. The molecule has 1 fully saturated rings. The Kier molecular flexibility index (Phi) is 8.81. The maximum Gasteiger partial charge on any atom is 0.416 e. The molecule has 3 rings (SSSR count). The van der Waals surface area contributed by atoms with Gasteiger partial charge in [-0.1, -0.05) is 12.1 Å². The van der Waals surface area contributed by atoms with Crippen LogP contribution in [0.3, 0.4) is 0 Å². The lowest BCUT2D eigenvalue weighted by Crippen LogP contribution is -2.44. The SMILES string of the molecule is CCNC(=NCc1ccco1)NC1CCN(Cc2ccc(C(F)(F)F)cc2)C1.I. The van der Waals surface area contributed by atoms with Gasteiger partial charge in [-0.25, -0.2) is 4.99 Å². The zero-order valence-corrected chi connectivity index (χ0v) is 18.5. The van der Waals surface area contributed by atoms with Crippen LogP contribution in [0.1, 0.15) is 30.2 Å². The van der Waals surface area contributed by atoms with Crippen molar-refractivity contribution in [3.63, 3.8) is 0 Å². The quantitative estimate of drug-likeness (QED) is 0.339. The average molecular weight is 522 g/mol. The van der Waals surface area contributed by atoms with Crippen LogP contribution in [0.4, 0.5) is 13.2 Å². The van der Waals surface area contributed by atoms with Crippen LogP contribution in [0.15, 0.2) is 52.1 Å². The highest BCUT2D eigenvalue weighted by molar-refractivity contribution is 14.0. The third kappa shape index (κ3) is 7.22. The summed E-state index contributed by atoms with van der Waals surface area (Å²) in [5, 5.41) is 6.66. The molecule has 1 atom stereocenters. The number of likely N-dealkylation sites (tertiary alicyclic amines) is 1. The maximum absolute atomic E-state index is 12.7. The van der Waals surface area contributed by atoms with Crippen molar-refractivity contribution in [1.82, 2.24) is 15.5 Å². The lowest BCUT2D eigenvalue weighted by molar-refractivity contribution is -0.137. The highest BCUT2D eigenvalue weighted by atomic mass is 127. The molecule has 9 heteroatoms. The lowest BCUT2D eigenvalue weighted by atomic mass is 10.1. The molecule has 0 saturated carbocycles. The summed E-state index contributed by atoms with van der Waals surface area (Å²) >= 11 is 0. The average Bonchev–Trinajstić information content (AvgIpc) is 3.32. The van der Waals surface area contributed by atoms with Crippen LogP contribution in [0, 0.1) is 0 Å². The number of hydrogen-bond donors (Lipinski definition) is 2. The third-order valence-electron chi connectivity index (χ3n) is 4.62. The zero-order valence-electron chi connectivity index (χ0n) is 16.2. The Morgan fingerprint density at radius 1 is 1.24 bits per heavy atom. The summed E-state index contributed by atoms with van der Waals surface area (Å²) in [6.45, 7) is 5.56. The largest absolute Gasteiger partial charge is 0.467 e. The monoisotopic (exact) mass is 522 g/mol. The van der Waals surface area contributed by atoms with E-state index in [9.17, 15) is 13.2 Å². The summed E-state index contributed by atoms with van der Waals surface area (Å²) in [5.74, 6) is 1.54. The van der Waals surface area contributed by atoms with Crippen molar-refractivity contribution in [2.24, 2.45) is 4.99 Å². The molecule has 1 aliphatic rings. The first-order chi connectivity index (χ1) is 13.4. The number of furan rings is 1. The van der Waals surface area contributed by atoms with Crippen LogP contribution in [0.2, 0.25) is 0 Å². The molecule has 2 N–H and O–H groups in total. The Balaban J connectivity index is 0.00000300. The molecule has 29 heavy (non-hydrogen) atoms. The van der Waals surface area contributed by atoms with Crippen molar-refractivity contribution in [3.05, 3.63) is 59.5 Å². The highest BCUT2D eigenvalue weighted by Gasteiger charge is 2.30. The molecule has 2 heterocycles. The molecule has 0 bridgehead atoms. The number of nitrogens with zero attached hydrogens (tertiary/aromatic N) is 2. The number of guanidine groups is 1. The number of nitrogens with one attached hydrogen (secondary N) is 2. The van der Waals surface area contributed by atoms with Gasteiger partial charge >= 0.3 is 6.18 Å². The first-order valence-corrected chi connectivity index (χ1v) is 9.39. The molecule has 1 saturated heterocycles. The van der Waals surface area contributed by atoms with Crippen LogP contribution in [0.25, 0.3) is 0 Å². The van der Waals surface area contributed by atoms with E-state index in [0.29, 0.717) is 13.1 Å². The molecule has 5 nitrogen and oxygen atoms in total. The molecule has 1 aromatic heterocycles. The van der Waals surface area contributed by atoms with Gasteiger partial charge in [0.05, 0.1) is 11.8 Å². The molecule has 160 valence electrons. The van der Waals surface area contributed by atoms with Crippen LogP contribution in [-0.2, 0) is 19.3 Å². The Bertz CT molecular complexity index is 763. The maximum atomic E-state index is 12.7. The van der Waals surface area contributed by atoms with E-state index in [1.807, 2.05) is 19.1 Å². The van der Waals surface area contributed by atoms with Crippen LogP contribution < -0.4 is 10.6 Å². The van der Waals surface area contributed by atoms with Gasteiger partial charge in [0, 0.05) is 32.2 Å². The number of alkyl halides is 3. The summed E-state index contributed by atoms with van der Waals surface area (Å²) in [6.07, 6.45) is -1.72. The minimum Gasteiger partial charge on any atom is -0.467 e. The molecule has 1 aliphatic heterocycles. The van der Waals surface area contributed by atoms with E-state index in [4.69, 9.17) is 4.42 Å². The first-order valence-electron chi connectivity index (χ1n) is 9.39. The lowest BCUT2D eigenvalue weighted by Gasteiger charge is -2.19. The molecule has 0 aliphatic carbocycles. The van der Waals surface area contributed by atoms with Gasteiger partial charge in [0.25, 0.3) is 0 Å². The fraction of sp³-hybridized carbons (Fsp3) is 0.450. The van der Waals surface area contributed by atoms with E-state index in [1.54, 1.807) is 18.4 Å². The van der Waals surface area contributed by atoms with Gasteiger partial charge in [-0.3, -0.25) is 4.90 Å². The van der Waals surface area contributed by atoms with E-state index in [1.165, 1.54) is 0 Å². The Hall–Kier alpha value is -1.75. The smallest absolute Gasteiger partial charge is 0.416 e. The number of rotatable bonds is 6. The summed E-state index contributed by atoms with van der Waals surface area (Å²) < 4.78 is 43.3. The van der Waals surface area contributed by atoms with Crippen molar-refractivity contribution in [1.29, 1.82) is 0 Å². The molecule has 0 spiro atoms. The van der Waals surface area contributed by atoms with Gasteiger partial charge in [-0.15, -0.1) is 24.0 Å². The Morgan fingerprint density at radius 2 is 2.00 bits per heavy atom. The normalized spacial score (nSPS) is 17.8. The van der Waals surface area contributed by atoms with Gasteiger partial charge in [0.15, 0.2) is 5.96 Å². The number of benzene rings is 1. The predicted octanol–water partition coefficient (Wildman–Crippen LogP) is 4.25. The summed E-state index contributed by atoms with van der Waals surface area (Å²) in [5.41, 5.74) is 0.271. The number of hydrogen-bond acceptors (Lipinski definition) is 3. The second-order valence-corrected chi connectivity index (χ2v) is 6.83. The van der Waals surface area contributed by atoms with Crippen molar-refractivity contribution in [2.75, 3.05) is 19.6 Å². The van der Waals surface area contributed by atoms with Gasteiger partial charge in [-0.05, 0) is 43.2 Å². The van der Waals surface area contributed by atoms with Crippen LogP contribution >= 0.6 is 24.0 Å². The zero-order chi connectivity index (χ0) is 20.0. The molecule has 1 aromatic carbocycles. The fourth-order valence-electron chi connectivity index (χ4n) is 3.22. The molecule has 0 amide bonds. The molecule has 0 radical (unpaired) electrons. The van der Waals surface area contributed by atoms with E-state index in [2.05, 4.69) is 20.5 Å². The Morgan fingerprint density at radius 3 is 2.62 bits per heavy atom. The van der Waals surface area contributed by atoms with E-state index < -0.39 is 11.7 Å². The third-order valence-corrected chi connectivity index (χ3v) is 4.62. The van der Waals surface area contributed by atoms with Crippen LogP contribution in [-0.4, -0.2) is 36.5 Å². The van der Waals surface area contributed by atoms with Gasteiger partial charge in [0.1, 0.15) is 12.3 Å². The minimum absolute atomic E-state index is 0. The standard InChI is InChI=1S/C20H25F3N4O.HI/c1-2-24-19(25-12-18-4-3-11-28-18)26-17-9-10-27(14-17)13-15-5-7-16(8-6-15)20(21,22)23;/h3-8,11,17H,2,9-10,12-14H2,1H3,(H2,24,25,26);1H. The summed E-state index contributed by atoms with van der Waals surface area (Å²) in [4.78, 5) is 6.77. The molecule has 2 aromatic rings. The second kappa shape index (κ2) is 10.9. The summed E-state index contributed by atoms with van der Waals surface area (Å²) in [6, 6.07) is 9.35. The Labute approximate surface area is 185 Å². The topological polar surface area (TPSA) is 52.8 Å². The van der Waals surface area contributed by atoms with Gasteiger partial charge in [-0.2, -0.15) is 13.2 Å². The summed E-state index contributed by atoms with van der Waals surface area (Å²) in [7, 11) is 0. The van der Waals surface area contributed by atoms with Crippen LogP contribution in [0.5, 0.6) is 0 Å². The van der Waals surface area contributed by atoms with E-state index in [0.717, 1.165) is 55.5 Å². The highest BCUT2D eigenvalue weighted by Crippen LogP contribution is 2.29. The first kappa shape index (κ1) is 23.5. The molecular formula is C20H26F3IN4O. The van der Waals surface area contributed by atoms with Crippen molar-refractivity contribution in [3.8, 4) is 0 Å². The van der Waals surface area contributed by atoms with Gasteiger partial charge < -0.3 is 15.1 Å². The number of halogens is 4. The van der Waals surface area contributed by atoms with Crippen molar-refractivity contribution >= 4 is 29.9 Å². The number of aliphatic imine (C=N–C) groups is 1.